The molecular formula is C16H21F3N2O2. The molecule has 128 valence electrons. The topological polar surface area (TPSA) is 50.4 Å². The number of nitrogens with one attached hydrogen (secondary N) is 2. The number of ether oxygens (including phenoxy) is 1. The Morgan fingerprint density at radius 2 is 2.26 bits per heavy atom. The van der Waals surface area contributed by atoms with Crippen molar-refractivity contribution in [3.05, 3.63) is 29.8 Å². The van der Waals surface area contributed by atoms with Crippen LogP contribution in [-0.2, 0) is 4.79 Å². The van der Waals surface area contributed by atoms with Gasteiger partial charge in [0.25, 0.3) is 0 Å². The van der Waals surface area contributed by atoms with E-state index in [9.17, 15) is 18.0 Å². The highest BCUT2D eigenvalue weighted by Crippen LogP contribution is 2.25. The van der Waals surface area contributed by atoms with Gasteiger partial charge in [0.15, 0.2) is 0 Å². The SMILES string of the molecule is CC(NC(=O)CCC1CCNC1)c1cccc(OC(F)(F)F)c1. The van der Waals surface area contributed by atoms with Gasteiger partial charge in [-0.05, 0) is 56.5 Å². The molecule has 1 aliphatic heterocycles. The lowest BCUT2D eigenvalue weighted by molar-refractivity contribution is -0.274. The van der Waals surface area contributed by atoms with Gasteiger partial charge in [-0.15, -0.1) is 13.2 Å². The third-order valence-electron chi connectivity index (χ3n) is 3.91. The summed E-state index contributed by atoms with van der Waals surface area (Å²) in [5, 5.41) is 6.06. The number of amides is 1. The van der Waals surface area contributed by atoms with Gasteiger partial charge >= 0.3 is 6.36 Å². The minimum absolute atomic E-state index is 0.0912. The fraction of sp³-hybridized carbons (Fsp3) is 0.562. The minimum atomic E-state index is -4.72. The zero-order valence-electron chi connectivity index (χ0n) is 13.0. The number of rotatable bonds is 6. The van der Waals surface area contributed by atoms with Crippen LogP contribution in [0.2, 0.25) is 0 Å². The highest BCUT2D eigenvalue weighted by Gasteiger charge is 2.31. The summed E-state index contributed by atoms with van der Waals surface area (Å²) in [7, 11) is 0. The van der Waals surface area contributed by atoms with Crippen molar-refractivity contribution in [2.75, 3.05) is 13.1 Å². The lowest BCUT2D eigenvalue weighted by atomic mass is 10.0. The summed E-state index contributed by atoms with van der Waals surface area (Å²) in [6.07, 6.45) is -2.39. The maximum Gasteiger partial charge on any atom is 0.573 e. The van der Waals surface area contributed by atoms with Crippen LogP contribution in [0.1, 0.15) is 37.8 Å². The number of hydrogen-bond acceptors (Lipinski definition) is 3. The normalized spacial score (nSPS) is 19.4. The van der Waals surface area contributed by atoms with Gasteiger partial charge in [-0.2, -0.15) is 0 Å². The third-order valence-corrected chi connectivity index (χ3v) is 3.91. The zero-order chi connectivity index (χ0) is 16.9. The van der Waals surface area contributed by atoms with E-state index in [1.807, 2.05) is 0 Å². The number of benzene rings is 1. The molecule has 23 heavy (non-hydrogen) atoms. The van der Waals surface area contributed by atoms with Crippen LogP contribution in [0.3, 0.4) is 0 Å². The van der Waals surface area contributed by atoms with E-state index in [1.54, 1.807) is 13.0 Å². The Morgan fingerprint density at radius 1 is 1.48 bits per heavy atom. The highest BCUT2D eigenvalue weighted by atomic mass is 19.4. The molecule has 1 aromatic rings. The molecular weight excluding hydrogens is 309 g/mol. The summed E-state index contributed by atoms with van der Waals surface area (Å²) in [4.78, 5) is 12.0. The predicted octanol–water partition coefficient (Wildman–Crippen LogP) is 3.15. The van der Waals surface area contributed by atoms with Gasteiger partial charge in [-0.1, -0.05) is 12.1 Å². The molecule has 1 amide bonds. The molecule has 1 fully saturated rings. The first-order chi connectivity index (χ1) is 10.8. The van der Waals surface area contributed by atoms with Crippen molar-refractivity contribution in [2.45, 2.75) is 38.6 Å². The standard InChI is InChI=1S/C16H21F3N2O2/c1-11(21-15(22)6-5-12-7-8-20-10-12)13-3-2-4-14(9-13)23-16(17,18)19/h2-4,9,11-12,20H,5-8,10H2,1H3,(H,21,22). The number of alkyl halides is 3. The maximum atomic E-state index is 12.2. The molecule has 2 N–H and O–H groups in total. The fourth-order valence-corrected chi connectivity index (χ4v) is 2.67. The second kappa shape index (κ2) is 7.68. The summed E-state index contributed by atoms with van der Waals surface area (Å²) in [6.45, 7) is 3.68. The van der Waals surface area contributed by atoms with E-state index in [1.165, 1.54) is 18.2 Å². The Kier molecular flexibility index (Phi) is 5.87. The molecule has 0 radical (unpaired) electrons. The predicted molar refractivity (Wildman–Crippen MR) is 79.9 cm³/mol. The van der Waals surface area contributed by atoms with Crippen LogP contribution >= 0.6 is 0 Å². The van der Waals surface area contributed by atoms with Crippen LogP contribution in [0.4, 0.5) is 13.2 Å². The molecule has 2 rings (SSSR count). The Labute approximate surface area is 133 Å². The van der Waals surface area contributed by atoms with Crippen LogP contribution in [0, 0.1) is 5.92 Å². The minimum Gasteiger partial charge on any atom is -0.406 e. The molecule has 2 unspecified atom stereocenters. The van der Waals surface area contributed by atoms with E-state index in [0.717, 1.165) is 25.9 Å². The quantitative estimate of drug-likeness (QED) is 0.842. The van der Waals surface area contributed by atoms with Gasteiger partial charge in [0, 0.05) is 6.42 Å². The van der Waals surface area contributed by atoms with Crippen molar-refractivity contribution in [1.29, 1.82) is 0 Å². The van der Waals surface area contributed by atoms with Gasteiger partial charge < -0.3 is 15.4 Å². The number of carbonyl (C=O) groups excluding carboxylic acids is 1. The first-order valence-corrected chi connectivity index (χ1v) is 7.69. The van der Waals surface area contributed by atoms with E-state index >= 15 is 0 Å². The molecule has 0 aromatic heterocycles. The molecule has 0 saturated carbocycles. The van der Waals surface area contributed by atoms with E-state index in [2.05, 4.69) is 15.4 Å². The third kappa shape index (κ3) is 6.09. The zero-order valence-corrected chi connectivity index (χ0v) is 13.0. The average Bonchev–Trinajstić information content (AvgIpc) is 2.97. The van der Waals surface area contributed by atoms with Crippen LogP contribution in [0.5, 0.6) is 5.75 Å². The first-order valence-electron chi connectivity index (χ1n) is 7.69. The van der Waals surface area contributed by atoms with Crippen LogP contribution in [0.25, 0.3) is 0 Å². The summed E-state index contributed by atoms with van der Waals surface area (Å²) >= 11 is 0. The molecule has 4 nitrogen and oxygen atoms in total. The number of carbonyl (C=O) groups is 1. The smallest absolute Gasteiger partial charge is 0.406 e. The molecule has 1 saturated heterocycles. The summed E-state index contributed by atoms with van der Waals surface area (Å²) in [6, 6.07) is 5.29. The summed E-state index contributed by atoms with van der Waals surface area (Å²) in [5.74, 6) is 0.152. The Hall–Kier alpha value is -1.76. The lowest BCUT2D eigenvalue weighted by Crippen LogP contribution is -2.27. The highest BCUT2D eigenvalue weighted by molar-refractivity contribution is 5.76. The van der Waals surface area contributed by atoms with Crippen molar-refractivity contribution in [2.24, 2.45) is 5.92 Å². The molecule has 0 aliphatic carbocycles. The lowest BCUT2D eigenvalue weighted by Gasteiger charge is -2.17. The van der Waals surface area contributed by atoms with Gasteiger partial charge in [0.2, 0.25) is 5.91 Å². The monoisotopic (exact) mass is 330 g/mol. The first kappa shape index (κ1) is 17.6. The van der Waals surface area contributed by atoms with E-state index in [4.69, 9.17) is 0 Å². The summed E-state index contributed by atoms with van der Waals surface area (Å²) < 4.78 is 40.6. The van der Waals surface area contributed by atoms with Gasteiger partial charge in [-0.3, -0.25) is 4.79 Å². The molecule has 1 aromatic carbocycles. The van der Waals surface area contributed by atoms with Crippen molar-refractivity contribution in [3.8, 4) is 5.75 Å². The number of hydrogen-bond donors (Lipinski definition) is 2. The van der Waals surface area contributed by atoms with Crippen molar-refractivity contribution in [3.63, 3.8) is 0 Å². The average molecular weight is 330 g/mol. The number of halogens is 3. The molecule has 1 aliphatic rings. The Morgan fingerprint density at radius 3 is 2.91 bits per heavy atom. The van der Waals surface area contributed by atoms with Crippen LogP contribution < -0.4 is 15.4 Å². The van der Waals surface area contributed by atoms with E-state index < -0.39 is 6.36 Å². The van der Waals surface area contributed by atoms with Crippen LogP contribution in [0.15, 0.2) is 24.3 Å². The van der Waals surface area contributed by atoms with Gasteiger partial charge in [0.05, 0.1) is 6.04 Å². The second-order valence-electron chi connectivity index (χ2n) is 5.81. The van der Waals surface area contributed by atoms with Crippen molar-refractivity contribution >= 4 is 5.91 Å². The van der Waals surface area contributed by atoms with E-state index in [0.29, 0.717) is 17.9 Å². The molecule has 2 atom stereocenters. The van der Waals surface area contributed by atoms with E-state index in [-0.39, 0.29) is 17.7 Å². The molecule has 0 bridgehead atoms. The molecule has 1 heterocycles. The largest absolute Gasteiger partial charge is 0.573 e. The fourth-order valence-electron chi connectivity index (χ4n) is 2.67. The van der Waals surface area contributed by atoms with Crippen LogP contribution in [-0.4, -0.2) is 25.4 Å². The summed E-state index contributed by atoms with van der Waals surface area (Å²) in [5.41, 5.74) is 0.572. The van der Waals surface area contributed by atoms with Crippen molar-refractivity contribution in [1.82, 2.24) is 10.6 Å². The maximum absolute atomic E-state index is 12.2. The van der Waals surface area contributed by atoms with Crippen molar-refractivity contribution < 1.29 is 22.7 Å². The molecule has 7 heteroatoms. The van der Waals surface area contributed by atoms with Gasteiger partial charge in [-0.25, -0.2) is 0 Å². The van der Waals surface area contributed by atoms with Gasteiger partial charge in [0.1, 0.15) is 5.75 Å². The Balaban J connectivity index is 1.85. The molecule has 0 spiro atoms. The second-order valence-corrected chi connectivity index (χ2v) is 5.81. The Bertz CT molecular complexity index is 528.